The lowest BCUT2D eigenvalue weighted by Crippen LogP contribution is -2.04. The van der Waals surface area contributed by atoms with Gasteiger partial charge in [-0.3, -0.25) is 4.98 Å². The minimum absolute atomic E-state index is 0.368. The Morgan fingerprint density at radius 2 is 1.67 bits per heavy atom. The Kier molecular flexibility index (Phi) is 4.11. The van der Waals surface area contributed by atoms with E-state index in [1.54, 1.807) is 24.4 Å². The van der Waals surface area contributed by atoms with E-state index < -0.39 is 6.10 Å². The van der Waals surface area contributed by atoms with Crippen LogP contribution in [0.4, 0.5) is 0 Å². The van der Waals surface area contributed by atoms with Crippen molar-refractivity contribution in [3.8, 4) is 0 Å². The Morgan fingerprint density at radius 1 is 0.952 bits per heavy atom. The zero-order chi connectivity index (χ0) is 14.8. The van der Waals surface area contributed by atoms with Crippen molar-refractivity contribution in [3.63, 3.8) is 0 Å². The van der Waals surface area contributed by atoms with Crippen molar-refractivity contribution in [1.29, 1.82) is 0 Å². The summed E-state index contributed by atoms with van der Waals surface area (Å²) in [6.07, 6.45) is 1.39. The van der Waals surface area contributed by atoms with E-state index in [4.69, 9.17) is 23.2 Å². The number of pyridine rings is 1. The molecule has 0 aliphatic carbocycles. The van der Waals surface area contributed by atoms with Crippen molar-refractivity contribution in [3.05, 3.63) is 75.9 Å². The zero-order valence-corrected chi connectivity index (χ0v) is 12.6. The number of hydrogen-bond donors (Lipinski definition) is 1. The summed E-state index contributed by atoms with van der Waals surface area (Å²) in [5.74, 6) is 0. The number of aliphatic hydroxyl groups is 1. The van der Waals surface area contributed by atoms with E-state index in [1.807, 2.05) is 30.3 Å². The van der Waals surface area contributed by atoms with Crippen LogP contribution < -0.4 is 0 Å². The van der Waals surface area contributed by atoms with E-state index in [1.165, 1.54) is 0 Å². The number of aliphatic hydroxyl groups excluding tert-OH is 1. The van der Waals surface area contributed by atoms with Gasteiger partial charge in [-0.1, -0.05) is 47.5 Å². The molecular weight excluding hydrogens is 305 g/mol. The molecule has 1 heterocycles. The van der Waals surface area contributed by atoms with Gasteiger partial charge in [-0.25, -0.2) is 0 Å². The maximum atomic E-state index is 10.6. The van der Waals surface area contributed by atoms with Gasteiger partial charge in [0.2, 0.25) is 0 Å². The lowest BCUT2D eigenvalue weighted by Gasteiger charge is -2.15. The second-order valence-electron chi connectivity index (χ2n) is 4.84. The third kappa shape index (κ3) is 2.88. The highest BCUT2D eigenvalue weighted by molar-refractivity contribution is 6.36. The molecule has 4 heteroatoms. The summed E-state index contributed by atoms with van der Waals surface area (Å²) in [4.78, 5) is 4.30. The number of halogens is 2. The second-order valence-corrected chi connectivity index (χ2v) is 5.65. The number of nitrogens with zero attached hydrogens (tertiary/aromatic N) is 1. The topological polar surface area (TPSA) is 33.1 Å². The van der Waals surface area contributed by atoms with Crippen molar-refractivity contribution >= 4 is 34.1 Å². The first-order chi connectivity index (χ1) is 10.2. The normalized spacial score (nSPS) is 12.5. The van der Waals surface area contributed by atoms with Crippen LogP contribution in [0, 0.1) is 0 Å². The Labute approximate surface area is 133 Å². The first kappa shape index (κ1) is 14.3. The summed E-state index contributed by atoms with van der Waals surface area (Å²) < 4.78 is 0. The first-order valence-electron chi connectivity index (χ1n) is 6.61. The van der Waals surface area contributed by atoms with Crippen molar-refractivity contribution < 1.29 is 5.11 Å². The van der Waals surface area contributed by atoms with E-state index in [-0.39, 0.29) is 0 Å². The zero-order valence-electron chi connectivity index (χ0n) is 11.1. The molecule has 0 radical (unpaired) electrons. The lowest BCUT2D eigenvalue weighted by molar-refractivity contribution is 0.180. The van der Waals surface area contributed by atoms with Crippen LogP contribution in [0.25, 0.3) is 10.9 Å². The lowest BCUT2D eigenvalue weighted by atomic mass is 9.98. The molecule has 1 aromatic heterocycles. The summed E-state index contributed by atoms with van der Waals surface area (Å²) in [5.41, 5.74) is 2.45. The highest BCUT2D eigenvalue weighted by Crippen LogP contribution is 2.31. The summed E-state index contributed by atoms with van der Waals surface area (Å²) in [6.45, 7) is 0. The van der Waals surface area contributed by atoms with Crippen LogP contribution in [0.15, 0.2) is 54.7 Å². The third-order valence-corrected chi connectivity index (χ3v) is 4.21. The predicted octanol–water partition coefficient (Wildman–Crippen LogP) is 4.82. The third-order valence-electron chi connectivity index (χ3n) is 3.50. The van der Waals surface area contributed by atoms with Gasteiger partial charge in [0.1, 0.15) is 0 Å². The maximum Gasteiger partial charge on any atom is 0.0838 e. The average molecular weight is 318 g/mol. The van der Waals surface area contributed by atoms with E-state index in [0.29, 0.717) is 16.5 Å². The SMILES string of the molecule is OC(Cc1c(Cl)cccc1Cl)c1ccnc2ccccc12. The molecule has 0 aliphatic rings. The minimum Gasteiger partial charge on any atom is -0.388 e. The van der Waals surface area contributed by atoms with Crippen LogP contribution in [0.3, 0.4) is 0 Å². The fourth-order valence-corrected chi connectivity index (χ4v) is 2.99. The van der Waals surface area contributed by atoms with Gasteiger partial charge in [-0.2, -0.15) is 0 Å². The molecule has 1 unspecified atom stereocenters. The van der Waals surface area contributed by atoms with Gasteiger partial charge in [0.15, 0.2) is 0 Å². The molecule has 0 fully saturated rings. The molecule has 0 aliphatic heterocycles. The van der Waals surface area contributed by atoms with Crippen molar-refractivity contribution in [2.24, 2.45) is 0 Å². The van der Waals surface area contributed by atoms with E-state index in [9.17, 15) is 5.11 Å². The number of rotatable bonds is 3. The number of hydrogen-bond acceptors (Lipinski definition) is 2. The molecule has 1 N–H and O–H groups in total. The molecule has 0 saturated carbocycles. The van der Waals surface area contributed by atoms with Crippen LogP contribution >= 0.6 is 23.2 Å². The molecule has 0 amide bonds. The molecule has 0 saturated heterocycles. The molecule has 0 spiro atoms. The standard InChI is InChI=1S/C17H13Cl2NO/c18-14-5-3-6-15(19)13(14)10-17(21)12-8-9-20-16-7-2-1-4-11(12)16/h1-9,17,21H,10H2. The van der Waals surface area contributed by atoms with Crippen LogP contribution in [-0.2, 0) is 6.42 Å². The largest absolute Gasteiger partial charge is 0.388 e. The Balaban J connectivity index is 2.00. The Bertz CT molecular complexity index is 763. The smallest absolute Gasteiger partial charge is 0.0838 e. The van der Waals surface area contributed by atoms with Crippen molar-refractivity contribution in [1.82, 2.24) is 4.98 Å². The second kappa shape index (κ2) is 6.02. The molecule has 21 heavy (non-hydrogen) atoms. The van der Waals surface area contributed by atoms with Crippen LogP contribution in [0.5, 0.6) is 0 Å². The monoisotopic (exact) mass is 317 g/mol. The van der Waals surface area contributed by atoms with Gasteiger partial charge < -0.3 is 5.11 Å². The van der Waals surface area contributed by atoms with E-state index >= 15 is 0 Å². The van der Waals surface area contributed by atoms with Crippen molar-refractivity contribution in [2.75, 3.05) is 0 Å². The molecule has 1 atom stereocenters. The number of para-hydroxylation sites is 1. The van der Waals surface area contributed by atoms with Gasteiger partial charge in [-0.05, 0) is 35.4 Å². The molecule has 106 valence electrons. The minimum atomic E-state index is -0.685. The van der Waals surface area contributed by atoms with Gasteiger partial charge in [0.25, 0.3) is 0 Å². The van der Waals surface area contributed by atoms with Gasteiger partial charge in [-0.15, -0.1) is 0 Å². The summed E-state index contributed by atoms with van der Waals surface area (Å²) in [7, 11) is 0. The quantitative estimate of drug-likeness (QED) is 0.751. The predicted molar refractivity (Wildman–Crippen MR) is 86.9 cm³/mol. The Morgan fingerprint density at radius 3 is 2.43 bits per heavy atom. The number of aromatic nitrogens is 1. The first-order valence-corrected chi connectivity index (χ1v) is 7.37. The summed E-state index contributed by atoms with van der Waals surface area (Å²) >= 11 is 12.3. The maximum absolute atomic E-state index is 10.6. The number of fused-ring (bicyclic) bond motifs is 1. The molecule has 2 aromatic carbocycles. The fraction of sp³-hybridized carbons (Fsp3) is 0.118. The number of benzene rings is 2. The summed E-state index contributed by atoms with van der Waals surface area (Å²) in [6, 6.07) is 14.9. The highest BCUT2D eigenvalue weighted by atomic mass is 35.5. The van der Waals surface area contributed by atoms with E-state index in [2.05, 4.69) is 4.98 Å². The van der Waals surface area contributed by atoms with Crippen LogP contribution in [-0.4, -0.2) is 10.1 Å². The molecule has 2 nitrogen and oxygen atoms in total. The molecule has 0 bridgehead atoms. The van der Waals surface area contributed by atoms with Gasteiger partial charge in [0.05, 0.1) is 11.6 Å². The van der Waals surface area contributed by atoms with E-state index in [0.717, 1.165) is 22.0 Å². The molecular formula is C17H13Cl2NO. The van der Waals surface area contributed by atoms with Gasteiger partial charge >= 0.3 is 0 Å². The Hall–Kier alpha value is -1.61. The highest BCUT2D eigenvalue weighted by Gasteiger charge is 2.15. The van der Waals surface area contributed by atoms with Crippen LogP contribution in [0.1, 0.15) is 17.2 Å². The van der Waals surface area contributed by atoms with Crippen molar-refractivity contribution in [2.45, 2.75) is 12.5 Å². The van der Waals surface area contributed by atoms with Gasteiger partial charge in [0, 0.05) is 28.0 Å². The molecule has 3 aromatic rings. The average Bonchev–Trinajstić information content (AvgIpc) is 2.50. The summed E-state index contributed by atoms with van der Waals surface area (Å²) in [5, 5.41) is 12.7. The van der Waals surface area contributed by atoms with Crippen LogP contribution in [0.2, 0.25) is 10.0 Å². The fourth-order valence-electron chi connectivity index (χ4n) is 2.44. The molecule has 3 rings (SSSR count).